The minimum atomic E-state index is -0.163. The normalized spacial score (nSPS) is 21.5. The molecule has 0 spiro atoms. The fourth-order valence-electron chi connectivity index (χ4n) is 4.08. The van der Waals surface area contributed by atoms with Gasteiger partial charge in [-0.3, -0.25) is 19.4 Å². The highest BCUT2D eigenvalue weighted by molar-refractivity contribution is 5.80. The van der Waals surface area contributed by atoms with Crippen LogP contribution >= 0.6 is 0 Å². The number of amides is 1. The van der Waals surface area contributed by atoms with E-state index in [1.807, 2.05) is 11.8 Å². The molecule has 1 unspecified atom stereocenters. The van der Waals surface area contributed by atoms with E-state index in [0.717, 1.165) is 52.1 Å². The van der Waals surface area contributed by atoms with Crippen LogP contribution in [0.15, 0.2) is 24.3 Å². The second kappa shape index (κ2) is 10.0. The van der Waals surface area contributed by atoms with Gasteiger partial charge in [0, 0.05) is 45.8 Å². The van der Waals surface area contributed by atoms with Crippen LogP contribution in [-0.2, 0) is 20.9 Å². The van der Waals surface area contributed by atoms with Crippen LogP contribution in [0.25, 0.3) is 0 Å². The molecular weight excluding hydrogens is 354 g/mol. The molecule has 2 saturated heterocycles. The molecule has 6 nitrogen and oxygen atoms in total. The Hall–Kier alpha value is -1.92. The molecule has 1 aromatic carbocycles. The lowest BCUT2D eigenvalue weighted by Crippen LogP contribution is -2.51. The molecule has 154 valence electrons. The smallest absolute Gasteiger partial charge is 0.310 e. The second-order valence-electron chi connectivity index (χ2n) is 7.91. The number of esters is 1. The Balaban J connectivity index is 1.43. The molecule has 2 aliphatic rings. The SMILES string of the molecule is CCOC(=O)C1CCCN(C(=O)CN2CCN(Cc3ccccc3C)CC2)C1. The number of benzene rings is 1. The zero-order chi connectivity index (χ0) is 19.9. The number of piperazine rings is 1. The van der Waals surface area contributed by atoms with Crippen molar-refractivity contribution in [2.45, 2.75) is 33.2 Å². The van der Waals surface area contributed by atoms with Gasteiger partial charge in [0.25, 0.3) is 0 Å². The lowest BCUT2D eigenvalue weighted by atomic mass is 9.98. The van der Waals surface area contributed by atoms with E-state index in [-0.39, 0.29) is 17.8 Å². The van der Waals surface area contributed by atoms with Crippen LogP contribution in [0.2, 0.25) is 0 Å². The summed E-state index contributed by atoms with van der Waals surface area (Å²) in [5.41, 5.74) is 2.71. The van der Waals surface area contributed by atoms with E-state index in [0.29, 0.717) is 19.7 Å². The Bertz CT molecular complexity index is 671. The molecule has 1 atom stereocenters. The van der Waals surface area contributed by atoms with Gasteiger partial charge in [0.05, 0.1) is 19.1 Å². The van der Waals surface area contributed by atoms with Gasteiger partial charge in [-0.1, -0.05) is 24.3 Å². The number of hydrogen-bond acceptors (Lipinski definition) is 5. The van der Waals surface area contributed by atoms with E-state index in [1.165, 1.54) is 11.1 Å². The van der Waals surface area contributed by atoms with Gasteiger partial charge in [0.15, 0.2) is 0 Å². The van der Waals surface area contributed by atoms with Gasteiger partial charge in [-0.25, -0.2) is 0 Å². The summed E-state index contributed by atoms with van der Waals surface area (Å²) in [6, 6.07) is 8.53. The summed E-state index contributed by atoms with van der Waals surface area (Å²) >= 11 is 0. The van der Waals surface area contributed by atoms with Crippen LogP contribution < -0.4 is 0 Å². The first-order valence-electron chi connectivity index (χ1n) is 10.5. The number of carbonyl (C=O) groups is 2. The average molecular weight is 388 g/mol. The molecule has 2 aliphatic heterocycles. The third-order valence-electron chi connectivity index (χ3n) is 5.87. The molecule has 0 saturated carbocycles. The summed E-state index contributed by atoms with van der Waals surface area (Å²) in [6.07, 6.45) is 1.69. The van der Waals surface area contributed by atoms with Crippen molar-refractivity contribution in [1.29, 1.82) is 0 Å². The van der Waals surface area contributed by atoms with Crippen molar-refractivity contribution in [2.24, 2.45) is 5.92 Å². The van der Waals surface area contributed by atoms with Gasteiger partial charge in [0.1, 0.15) is 0 Å². The van der Waals surface area contributed by atoms with Crippen molar-refractivity contribution in [2.75, 3.05) is 52.4 Å². The molecule has 0 bridgehead atoms. The van der Waals surface area contributed by atoms with E-state index in [4.69, 9.17) is 4.74 Å². The predicted octanol–water partition coefficient (Wildman–Crippen LogP) is 1.91. The predicted molar refractivity (Wildman–Crippen MR) is 109 cm³/mol. The van der Waals surface area contributed by atoms with Gasteiger partial charge in [0.2, 0.25) is 5.91 Å². The lowest BCUT2D eigenvalue weighted by molar-refractivity contribution is -0.151. The largest absolute Gasteiger partial charge is 0.466 e. The summed E-state index contributed by atoms with van der Waals surface area (Å²) < 4.78 is 5.14. The third kappa shape index (κ3) is 5.55. The molecule has 0 N–H and O–H groups in total. The van der Waals surface area contributed by atoms with Crippen LogP contribution in [0.5, 0.6) is 0 Å². The van der Waals surface area contributed by atoms with Crippen molar-refractivity contribution >= 4 is 11.9 Å². The fourth-order valence-corrected chi connectivity index (χ4v) is 4.08. The first-order valence-corrected chi connectivity index (χ1v) is 10.5. The number of nitrogens with zero attached hydrogens (tertiary/aromatic N) is 3. The van der Waals surface area contributed by atoms with Crippen LogP contribution in [-0.4, -0.2) is 79.0 Å². The van der Waals surface area contributed by atoms with E-state index in [2.05, 4.69) is 41.0 Å². The second-order valence-corrected chi connectivity index (χ2v) is 7.91. The number of piperidine rings is 1. The zero-order valence-electron chi connectivity index (χ0n) is 17.2. The lowest BCUT2D eigenvalue weighted by Gasteiger charge is -2.37. The molecule has 6 heteroatoms. The maximum Gasteiger partial charge on any atom is 0.310 e. The van der Waals surface area contributed by atoms with Gasteiger partial charge in [-0.05, 0) is 37.8 Å². The Labute approximate surface area is 168 Å². The summed E-state index contributed by atoms with van der Waals surface area (Å²) in [5.74, 6) is -0.185. The highest BCUT2D eigenvalue weighted by Crippen LogP contribution is 2.19. The van der Waals surface area contributed by atoms with Gasteiger partial charge >= 0.3 is 5.97 Å². The third-order valence-corrected chi connectivity index (χ3v) is 5.87. The topological polar surface area (TPSA) is 53.1 Å². The first kappa shape index (κ1) is 20.8. The molecule has 28 heavy (non-hydrogen) atoms. The first-order chi connectivity index (χ1) is 13.6. The standard InChI is InChI=1S/C22H33N3O3/c1-3-28-22(27)20-9-6-10-25(16-20)21(26)17-24-13-11-23(12-14-24)15-19-8-5-4-7-18(19)2/h4-5,7-8,20H,3,6,9-17H2,1-2H3. The van der Waals surface area contributed by atoms with E-state index in [1.54, 1.807) is 0 Å². The quantitative estimate of drug-likeness (QED) is 0.698. The number of rotatable bonds is 6. The molecule has 1 aromatic rings. The Morgan fingerprint density at radius 3 is 2.50 bits per heavy atom. The molecule has 0 aromatic heterocycles. The minimum Gasteiger partial charge on any atom is -0.466 e. The molecule has 3 rings (SSSR count). The van der Waals surface area contributed by atoms with Crippen molar-refractivity contribution in [1.82, 2.24) is 14.7 Å². The number of aryl methyl sites for hydroxylation is 1. The van der Waals surface area contributed by atoms with E-state index < -0.39 is 0 Å². The molecule has 1 amide bonds. The number of likely N-dealkylation sites (tertiary alicyclic amines) is 1. The van der Waals surface area contributed by atoms with Crippen LogP contribution in [0.4, 0.5) is 0 Å². The summed E-state index contributed by atoms with van der Waals surface area (Å²) in [4.78, 5) is 31.3. The minimum absolute atomic E-state index is 0.140. The average Bonchev–Trinajstić information content (AvgIpc) is 2.71. The van der Waals surface area contributed by atoms with E-state index in [9.17, 15) is 9.59 Å². The summed E-state index contributed by atoms with van der Waals surface area (Å²) in [7, 11) is 0. The number of hydrogen-bond donors (Lipinski definition) is 0. The highest BCUT2D eigenvalue weighted by atomic mass is 16.5. The van der Waals surface area contributed by atoms with Crippen LogP contribution in [0, 0.1) is 12.8 Å². The molecule has 0 radical (unpaired) electrons. The van der Waals surface area contributed by atoms with E-state index >= 15 is 0 Å². The van der Waals surface area contributed by atoms with Crippen molar-refractivity contribution in [3.05, 3.63) is 35.4 Å². The van der Waals surface area contributed by atoms with Crippen molar-refractivity contribution in [3.8, 4) is 0 Å². The maximum atomic E-state index is 12.7. The number of ether oxygens (including phenoxy) is 1. The Morgan fingerprint density at radius 2 is 1.79 bits per heavy atom. The monoisotopic (exact) mass is 387 g/mol. The van der Waals surface area contributed by atoms with Gasteiger partial charge < -0.3 is 9.64 Å². The van der Waals surface area contributed by atoms with Gasteiger partial charge in [-0.2, -0.15) is 0 Å². The number of carbonyl (C=O) groups excluding carboxylic acids is 2. The molecule has 2 heterocycles. The summed E-state index contributed by atoms with van der Waals surface area (Å²) in [5, 5.41) is 0. The molecule has 0 aliphatic carbocycles. The maximum absolute atomic E-state index is 12.7. The molecule has 2 fully saturated rings. The Morgan fingerprint density at radius 1 is 1.07 bits per heavy atom. The van der Waals surface area contributed by atoms with Crippen molar-refractivity contribution in [3.63, 3.8) is 0 Å². The fraction of sp³-hybridized carbons (Fsp3) is 0.636. The Kier molecular flexibility index (Phi) is 7.45. The van der Waals surface area contributed by atoms with Crippen LogP contribution in [0.3, 0.4) is 0 Å². The zero-order valence-corrected chi connectivity index (χ0v) is 17.2. The molecular formula is C22H33N3O3. The van der Waals surface area contributed by atoms with Crippen molar-refractivity contribution < 1.29 is 14.3 Å². The highest BCUT2D eigenvalue weighted by Gasteiger charge is 2.30. The van der Waals surface area contributed by atoms with Gasteiger partial charge in [-0.15, -0.1) is 0 Å². The summed E-state index contributed by atoms with van der Waals surface area (Å²) in [6.45, 7) is 10.8. The van der Waals surface area contributed by atoms with Crippen LogP contribution in [0.1, 0.15) is 30.9 Å².